The van der Waals surface area contributed by atoms with Crippen LogP contribution < -0.4 is 0 Å². The van der Waals surface area contributed by atoms with Gasteiger partial charge in [0.2, 0.25) is 0 Å². The zero-order valence-corrected chi connectivity index (χ0v) is 7.45. The van der Waals surface area contributed by atoms with Crippen LogP contribution in [-0.2, 0) is 0 Å². The van der Waals surface area contributed by atoms with Gasteiger partial charge in [0, 0.05) is 12.4 Å². The predicted octanol–water partition coefficient (Wildman–Crippen LogP) is 2.36. The van der Waals surface area contributed by atoms with Gasteiger partial charge in [-0.05, 0) is 13.0 Å². The lowest BCUT2D eigenvalue weighted by atomic mass is 10.2. The number of carbonyl (C=O) groups is 1. The number of hydrogen-bond donors (Lipinski definition) is 0. The Balaban J connectivity index is 0.000001000. The first-order valence-electron chi connectivity index (χ1n) is 2.82. The molecular formula is C7H7Cl2NO. The Labute approximate surface area is 76.0 Å². The minimum atomic E-state index is -0.0573. The fourth-order valence-corrected chi connectivity index (χ4v) is 0.875. The lowest BCUT2D eigenvalue weighted by Gasteiger charge is -1.94. The largest absolute Gasteiger partial charge is 0.294 e. The van der Waals surface area contributed by atoms with Crippen LogP contribution in [0.25, 0.3) is 0 Å². The second kappa shape index (κ2) is 4.31. The van der Waals surface area contributed by atoms with Crippen LogP contribution >= 0.6 is 24.0 Å². The molecule has 1 aromatic heterocycles. The fraction of sp³-hybridized carbons (Fsp3) is 0.143. The number of pyridine rings is 1. The lowest BCUT2D eigenvalue weighted by molar-refractivity contribution is 0.101. The molecule has 0 saturated carbocycles. The van der Waals surface area contributed by atoms with Crippen LogP contribution in [-0.4, -0.2) is 10.8 Å². The molecule has 0 saturated heterocycles. The van der Waals surface area contributed by atoms with Crippen LogP contribution in [0, 0.1) is 0 Å². The van der Waals surface area contributed by atoms with Crippen molar-refractivity contribution in [3.63, 3.8) is 0 Å². The molecule has 0 N–H and O–H groups in total. The number of carbonyl (C=O) groups excluding carboxylic acids is 1. The highest BCUT2D eigenvalue weighted by atomic mass is 35.5. The molecule has 0 aliphatic heterocycles. The van der Waals surface area contributed by atoms with Gasteiger partial charge >= 0.3 is 0 Å². The van der Waals surface area contributed by atoms with Gasteiger partial charge in [-0.2, -0.15) is 0 Å². The summed E-state index contributed by atoms with van der Waals surface area (Å²) in [6, 6.07) is 1.60. The molecule has 0 aromatic carbocycles. The Kier molecular flexibility index (Phi) is 4.08. The minimum Gasteiger partial charge on any atom is -0.294 e. The summed E-state index contributed by atoms with van der Waals surface area (Å²) in [5, 5.41) is 0.461. The molecular weight excluding hydrogens is 185 g/mol. The number of hydrogen-bond acceptors (Lipinski definition) is 2. The molecule has 0 amide bonds. The summed E-state index contributed by atoms with van der Waals surface area (Å²) in [5.41, 5.74) is 0.476. The first-order chi connectivity index (χ1) is 4.72. The van der Waals surface area contributed by atoms with Crippen molar-refractivity contribution in [2.45, 2.75) is 6.92 Å². The molecule has 0 spiro atoms. The van der Waals surface area contributed by atoms with Gasteiger partial charge in [0.05, 0.1) is 10.6 Å². The molecule has 0 unspecified atom stereocenters. The molecule has 1 aromatic rings. The second-order valence-electron chi connectivity index (χ2n) is 1.91. The first kappa shape index (κ1) is 10.4. The highest BCUT2D eigenvalue weighted by Crippen LogP contribution is 2.13. The summed E-state index contributed by atoms with van der Waals surface area (Å²) >= 11 is 5.66. The molecule has 11 heavy (non-hydrogen) atoms. The van der Waals surface area contributed by atoms with Gasteiger partial charge in [0.25, 0.3) is 0 Å². The molecule has 60 valence electrons. The van der Waals surface area contributed by atoms with Crippen LogP contribution in [0.1, 0.15) is 17.3 Å². The van der Waals surface area contributed by atoms with Gasteiger partial charge < -0.3 is 0 Å². The van der Waals surface area contributed by atoms with E-state index in [9.17, 15) is 4.79 Å². The summed E-state index contributed by atoms with van der Waals surface area (Å²) in [7, 11) is 0. The number of nitrogens with zero attached hydrogens (tertiary/aromatic N) is 1. The van der Waals surface area contributed by atoms with Crippen LogP contribution in [0.15, 0.2) is 18.5 Å². The zero-order valence-electron chi connectivity index (χ0n) is 5.87. The Morgan fingerprint density at radius 3 is 2.64 bits per heavy atom. The van der Waals surface area contributed by atoms with E-state index in [4.69, 9.17) is 11.6 Å². The molecule has 0 atom stereocenters. The number of rotatable bonds is 1. The van der Waals surface area contributed by atoms with Crippen molar-refractivity contribution in [2.75, 3.05) is 0 Å². The van der Waals surface area contributed by atoms with Gasteiger partial charge in [0.1, 0.15) is 0 Å². The van der Waals surface area contributed by atoms with Crippen molar-refractivity contribution in [1.29, 1.82) is 0 Å². The average Bonchev–Trinajstić information content (AvgIpc) is 1.88. The molecule has 0 aliphatic rings. The highest BCUT2D eigenvalue weighted by molar-refractivity contribution is 6.33. The molecule has 0 aliphatic carbocycles. The number of halogens is 2. The molecule has 4 heteroatoms. The van der Waals surface area contributed by atoms with Crippen molar-refractivity contribution >= 4 is 29.8 Å². The van der Waals surface area contributed by atoms with E-state index < -0.39 is 0 Å². The summed E-state index contributed by atoms with van der Waals surface area (Å²) in [5.74, 6) is -0.0573. The Morgan fingerprint density at radius 2 is 2.27 bits per heavy atom. The van der Waals surface area contributed by atoms with E-state index in [0.29, 0.717) is 10.6 Å². The van der Waals surface area contributed by atoms with E-state index in [1.807, 2.05) is 0 Å². The third-order valence-corrected chi connectivity index (χ3v) is 1.48. The summed E-state index contributed by atoms with van der Waals surface area (Å²) in [6.45, 7) is 1.46. The number of ketones is 1. The molecule has 1 heterocycles. The van der Waals surface area contributed by atoms with Crippen molar-refractivity contribution < 1.29 is 4.79 Å². The van der Waals surface area contributed by atoms with Crippen LogP contribution in [0.5, 0.6) is 0 Å². The Bertz CT molecular complexity index is 262. The molecule has 0 bridgehead atoms. The molecule has 1 rings (SSSR count). The Hall–Kier alpha value is -0.600. The van der Waals surface area contributed by atoms with Gasteiger partial charge in [0.15, 0.2) is 5.78 Å². The van der Waals surface area contributed by atoms with Crippen LogP contribution in [0.2, 0.25) is 5.02 Å². The highest BCUT2D eigenvalue weighted by Gasteiger charge is 2.02. The van der Waals surface area contributed by atoms with Crippen molar-refractivity contribution in [1.82, 2.24) is 4.98 Å². The van der Waals surface area contributed by atoms with E-state index in [1.165, 1.54) is 13.1 Å². The maximum Gasteiger partial charge on any atom is 0.162 e. The first-order valence-corrected chi connectivity index (χ1v) is 3.20. The monoisotopic (exact) mass is 191 g/mol. The molecule has 0 radical (unpaired) electrons. The third kappa shape index (κ3) is 2.48. The van der Waals surface area contributed by atoms with Crippen molar-refractivity contribution in [3.05, 3.63) is 29.0 Å². The van der Waals surface area contributed by atoms with Crippen molar-refractivity contribution in [2.24, 2.45) is 0 Å². The van der Waals surface area contributed by atoms with E-state index in [0.717, 1.165) is 0 Å². The molecule has 0 fully saturated rings. The maximum absolute atomic E-state index is 10.7. The standard InChI is InChI=1S/C7H6ClNO.ClH/c1-5(10)6-4-9-3-2-7(6)8;/h2-4H,1H3;1H. The summed E-state index contributed by atoms with van der Waals surface area (Å²) < 4.78 is 0. The topological polar surface area (TPSA) is 30.0 Å². The third-order valence-electron chi connectivity index (χ3n) is 1.15. The maximum atomic E-state index is 10.7. The lowest BCUT2D eigenvalue weighted by Crippen LogP contribution is -1.93. The summed E-state index contributed by atoms with van der Waals surface area (Å²) in [6.07, 6.45) is 3.01. The average molecular weight is 192 g/mol. The minimum absolute atomic E-state index is 0. The van der Waals surface area contributed by atoms with Crippen LogP contribution in [0.3, 0.4) is 0 Å². The van der Waals surface area contributed by atoms with E-state index >= 15 is 0 Å². The van der Waals surface area contributed by atoms with Gasteiger partial charge in [-0.25, -0.2) is 0 Å². The van der Waals surface area contributed by atoms with E-state index in [2.05, 4.69) is 4.98 Å². The SMILES string of the molecule is CC(=O)c1cnccc1Cl.Cl. The zero-order chi connectivity index (χ0) is 7.56. The van der Waals surface area contributed by atoms with Crippen LogP contribution in [0.4, 0.5) is 0 Å². The predicted molar refractivity (Wildman–Crippen MR) is 46.5 cm³/mol. The number of Topliss-reactive ketones (excluding diaryl/α,β-unsaturated/α-hetero) is 1. The van der Waals surface area contributed by atoms with E-state index in [-0.39, 0.29) is 18.2 Å². The molecule has 2 nitrogen and oxygen atoms in total. The number of aromatic nitrogens is 1. The van der Waals surface area contributed by atoms with E-state index in [1.54, 1.807) is 12.3 Å². The van der Waals surface area contributed by atoms with Gasteiger partial charge in [-0.15, -0.1) is 12.4 Å². The Morgan fingerprint density at radius 1 is 1.64 bits per heavy atom. The van der Waals surface area contributed by atoms with Gasteiger partial charge in [-0.3, -0.25) is 9.78 Å². The normalized spacial score (nSPS) is 8.55. The van der Waals surface area contributed by atoms with Crippen molar-refractivity contribution in [3.8, 4) is 0 Å². The summed E-state index contributed by atoms with van der Waals surface area (Å²) in [4.78, 5) is 14.5. The smallest absolute Gasteiger partial charge is 0.162 e. The second-order valence-corrected chi connectivity index (χ2v) is 2.32. The quantitative estimate of drug-likeness (QED) is 0.639. The van der Waals surface area contributed by atoms with Gasteiger partial charge in [-0.1, -0.05) is 11.6 Å². The fourth-order valence-electron chi connectivity index (χ4n) is 0.637.